The van der Waals surface area contributed by atoms with Crippen LogP contribution in [0.25, 0.3) is 0 Å². The second-order valence-electron chi connectivity index (χ2n) is 3.16. The minimum absolute atomic E-state index is 0.367. The molecule has 1 fully saturated rings. The molecule has 66 valence electrons. The Hall–Kier alpha value is -0.0800. The first-order chi connectivity index (χ1) is 5.43. The highest BCUT2D eigenvalue weighted by Crippen LogP contribution is 2.06. The van der Waals surface area contributed by atoms with Crippen LogP contribution in [0.2, 0.25) is 0 Å². The van der Waals surface area contributed by atoms with Crippen LogP contribution in [-0.4, -0.2) is 19.4 Å². The lowest BCUT2D eigenvalue weighted by molar-refractivity contribution is 0.0412. The molecule has 0 aromatic heterocycles. The number of hydrogen-bond acceptors (Lipinski definition) is 2. The van der Waals surface area contributed by atoms with Crippen molar-refractivity contribution in [2.24, 2.45) is 0 Å². The molecule has 1 heterocycles. The van der Waals surface area contributed by atoms with Gasteiger partial charge in [-0.1, -0.05) is 19.8 Å². The van der Waals surface area contributed by atoms with Gasteiger partial charge in [-0.15, -0.1) is 0 Å². The Morgan fingerprint density at radius 1 is 1.45 bits per heavy atom. The highest BCUT2D eigenvalue weighted by Gasteiger charge is 2.12. The van der Waals surface area contributed by atoms with E-state index in [1.165, 1.54) is 32.1 Å². The van der Waals surface area contributed by atoms with Gasteiger partial charge in [0, 0.05) is 6.61 Å². The van der Waals surface area contributed by atoms with E-state index in [4.69, 9.17) is 4.74 Å². The summed E-state index contributed by atoms with van der Waals surface area (Å²) in [5.74, 6) is 0. The summed E-state index contributed by atoms with van der Waals surface area (Å²) in [6, 6.07) is 0. The van der Waals surface area contributed by atoms with Crippen molar-refractivity contribution in [2.45, 2.75) is 45.3 Å². The maximum Gasteiger partial charge on any atom is 0.108 e. The van der Waals surface area contributed by atoms with E-state index in [2.05, 4.69) is 12.2 Å². The summed E-state index contributed by atoms with van der Waals surface area (Å²) in [5.41, 5.74) is 0. The molecule has 0 radical (unpaired) electrons. The maximum absolute atomic E-state index is 5.59. The average Bonchev–Trinajstić information content (AvgIpc) is 2.50. The molecule has 11 heavy (non-hydrogen) atoms. The van der Waals surface area contributed by atoms with E-state index in [0.717, 1.165) is 13.2 Å². The predicted molar refractivity (Wildman–Crippen MR) is 46.5 cm³/mol. The maximum atomic E-state index is 5.59. The Labute approximate surface area is 69.3 Å². The molecular weight excluding hydrogens is 138 g/mol. The summed E-state index contributed by atoms with van der Waals surface area (Å²) in [6.07, 6.45) is 6.64. The SMILES string of the molecule is CCCCCOC1CCCN1. The Morgan fingerprint density at radius 2 is 2.36 bits per heavy atom. The number of nitrogens with one attached hydrogen (secondary N) is 1. The van der Waals surface area contributed by atoms with Gasteiger partial charge >= 0.3 is 0 Å². The molecule has 2 heteroatoms. The lowest BCUT2D eigenvalue weighted by Crippen LogP contribution is -2.24. The zero-order chi connectivity index (χ0) is 7.94. The fraction of sp³-hybridized carbons (Fsp3) is 1.00. The van der Waals surface area contributed by atoms with E-state index in [9.17, 15) is 0 Å². The van der Waals surface area contributed by atoms with Gasteiger partial charge in [-0.2, -0.15) is 0 Å². The van der Waals surface area contributed by atoms with Crippen molar-refractivity contribution in [3.05, 3.63) is 0 Å². The van der Waals surface area contributed by atoms with E-state index in [1.807, 2.05) is 0 Å². The fourth-order valence-corrected chi connectivity index (χ4v) is 1.37. The number of hydrogen-bond donors (Lipinski definition) is 1. The third-order valence-electron chi connectivity index (χ3n) is 2.08. The molecule has 1 aliphatic heterocycles. The van der Waals surface area contributed by atoms with Crippen LogP contribution in [0.5, 0.6) is 0 Å². The van der Waals surface area contributed by atoms with Gasteiger partial charge in [0.2, 0.25) is 0 Å². The lowest BCUT2D eigenvalue weighted by Gasteiger charge is -2.10. The van der Waals surface area contributed by atoms with Gasteiger partial charge in [0.15, 0.2) is 0 Å². The molecule has 0 aliphatic carbocycles. The van der Waals surface area contributed by atoms with Crippen LogP contribution in [0, 0.1) is 0 Å². The van der Waals surface area contributed by atoms with E-state index in [-0.39, 0.29) is 0 Å². The highest BCUT2D eigenvalue weighted by atomic mass is 16.5. The predicted octanol–water partition coefficient (Wildman–Crippen LogP) is 1.90. The fourth-order valence-electron chi connectivity index (χ4n) is 1.37. The average molecular weight is 157 g/mol. The van der Waals surface area contributed by atoms with Gasteiger partial charge in [0.05, 0.1) is 0 Å². The van der Waals surface area contributed by atoms with E-state index in [0.29, 0.717) is 6.23 Å². The standard InChI is InChI=1S/C9H19NO/c1-2-3-4-8-11-9-6-5-7-10-9/h9-10H,2-8H2,1H3. The van der Waals surface area contributed by atoms with Gasteiger partial charge in [-0.25, -0.2) is 0 Å². The summed E-state index contributed by atoms with van der Waals surface area (Å²) >= 11 is 0. The molecule has 1 aliphatic rings. The van der Waals surface area contributed by atoms with Crippen LogP contribution in [0.4, 0.5) is 0 Å². The minimum atomic E-state index is 0.367. The zero-order valence-corrected chi connectivity index (χ0v) is 7.44. The van der Waals surface area contributed by atoms with Crippen LogP contribution in [0.1, 0.15) is 39.0 Å². The van der Waals surface area contributed by atoms with Crippen molar-refractivity contribution in [3.8, 4) is 0 Å². The van der Waals surface area contributed by atoms with Crippen LogP contribution < -0.4 is 5.32 Å². The summed E-state index contributed by atoms with van der Waals surface area (Å²) in [4.78, 5) is 0. The summed E-state index contributed by atoms with van der Waals surface area (Å²) in [5, 5.41) is 3.31. The molecule has 0 amide bonds. The van der Waals surface area contributed by atoms with Crippen LogP contribution in [0.3, 0.4) is 0 Å². The van der Waals surface area contributed by atoms with Crippen LogP contribution in [-0.2, 0) is 4.74 Å². The molecule has 0 aromatic rings. The van der Waals surface area contributed by atoms with Crippen molar-refractivity contribution in [1.29, 1.82) is 0 Å². The monoisotopic (exact) mass is 157 g/mol. The Balaban J connectivity index is 1.86. The molecule has 1 rings (SSSR count). The largest absolute Gasteiger partial charge is 0.363 e. The second-order valence-corrected chi connectivity index (χ2v) is 3.16. The molecule has 1 unspecified atom stereocenters. The van der Waals surface area contributed by atoms with Gasteiger partial charge in [-0.3, -0.25) is 5.32 Å². The Kier molecular flexibility index (Phi) is 4.55. The molecule has 1 N–H and O–H groups in total. The van der Waals surface area contributed by atoms with Crippen molar-refractivity contribution in [3.63, 3.8) is 0 Å². The Bertz CT molecular complexity index is 89.6. The molecule has 0 spiro atoms. The van der Waals surface area contributed by atoms with Crippen LogP contribution in [0.15, 0.2) is 0 Å². The zero-order valence-electron chi connectivity index (χ0n) is 7.44. The summed E-state index contributed by atoms with van der Waals surface area (Å²) < 4.78 is 5.59. The molecule has 0 bridgehead atoms. The second kappa shape index (κ2) is 5.56. The molecule has 1 saturated heterocycles. The van der Waals surface area contributed by atoms with E-state index in [1.54, 1.807) is 0 Å². The first kappa shape index (κ1) is 9.01. The van der Waals surface area contributed by atoms with Crippen LogP contribution >= 0.6 is 0 Å². The van der Waals surface area contributed by atoms with Crippen molar-refractivity contribution >= 4 is 0 Å². The number of ether oxygens (including phenoxy) is 1. The van der Waals surface area contributed by atoms with Gasteiger partial charge < -0.3 is 4.74 Å². The molecule has 1 atom stereocenters. The van der Waals surface area contributed by atoms with Gasteiger partial charge in [-0.05, 0) is 25.8 Å². The number of rotatable bonds is 5. The van der Waals surface area contributed by atoms with Gasteiger partial charge in [0.1, 0.15) is 6.23 Å². The highest BCUT2D eigenvalue weighted by molar-refractivity contribution is 4.64. The molecular formula is C9H19NO. The minimum Gasteiger partial charge on any atom is -0.363 e. The normalized spacial score (nSPS) is 24.3. The van der Waals surface area contributed by atoms with Crippen molar-refractivity contribution < 1.29 is 4.74 Å². The lowest BCUT2D eigenvalue weighted by atomic mass is 10.3. The first-order valence-corrected chi connectivity index (χ1v) is 4.78. The molecule has 0 saturated carbocycles. The summed E-state index contributed by atoms with van der Waals surface area (Å²) in [6.45, 7) is 4.29. The van der Waals surface area contributed by atoms with E-state index < -0.39 is 0 Å². The third kappa shape index (κ3) is 3.73. The summed E-state index contributed by atoms with van der Waals surface area (Å²) in [7, 11) is 0. The van der Waals surface area contributed by atoms with Crippen molar-refractivity contribution in [2.75, 3.05) is 13.2 Å². The van der Waals surface area contributed by atoms with Crippen molar-refractivity contribution in [1.82, 2.24) is 5.32 Å². The quantitative estimate of drug-likeness (QED) is 0.615. The number of unbranched alkanes of at least 4 members (excludes halogenated alkanes) is 2. The Morgan fingerprint density at radius 3 is 3.00 bits per heavy atom. The third-order valence-corrected chi connectivity index (χ3v) is 2.08. The first-order valence-electron chi connectivity index (χ1n) is 4.78. The molecule has 0 aromatic carbocycles. The van der Waals surface area contributed by atoms with E-state index >= 15 is 0 Å². The smallest absolute Gasteiger partial charge is 0.108 e. The van der Waals surface area contributed by atoms with Gasteiger partial charge in [0.25, 0.3) is 0 Å². The molecule has 2 nitrogen and oxygen atoms in total. The topological polar surface area (TPSA) is 21.3 Å².